The molecule has 0 bridgehead atoms. The Balaban J connectivity index is 2.02. The molecular formula is C14H14N4O2. The molecule has 6 heteroatoms. The van der Waals surface area contributed by atoms with Crippen molar-refractivity contribution >= 4 is 11.6 Å². The summed E-state index contributed by atoms with van der Waals surface area (Å²) in [6.45, 7) is 1.84. The Labute approximate surface area is 116 Å². The Bertz CT molecular complexity index is 609. The molecule has 0 fully saturated rings. The second-order valence-electron chi connectivity index (χ2n) is 3.92. The molecule has 0 unspecified atom stereocenters. The van der Waals surface area contributed by atoms with Gasteiger partial charge >= 0.3 is 0 Å². The molecule has 1 aromatic carbocycles. The molecule has 0 atom stereocenters. The molecule has 1 heterocycles. The summed E-state index contributed by atoms with van der Waals surface area (Å²) in [5, 5.41) is 9.25. The van der Waals surface area contributed by atoms with E-state index in [1.807, 2.05) is 13.0 Å². The minimum atomic E-state index is -0.378. The number of amides is 1. The number of allylic oxidation sites excluding steroid dienone is 1. The number of aromatic nitrogens is 2. The van der Waals surface area contributed by atoms with Crippen molar-refractivity contribution in [2.45, 2.75) is 6.92 Å². The topological polar surface area (TPSA) is 87.1 Å². The summed E-state index contributed by atoms with van der Waals surface area (Å²) in [5.41, 5.74) is 7.13. The van der Waals surface area contributed by atoms with Crippen molar-refractivity contribution in [3.63, 3.8) is 0 Å². The van der Waals surface area contributed by atoms with Gasteiger partial charge in [0.1, 0.15) is 11.4 Å². The zero-order valence-corrected chi connectivity index (χ0v) is 10.9. The summed E-state index contributed by atoms with van der Waals surface area (Å²) in [5.74, 6) is -0.191. The molecular weight excluding hydrogens is 256 g/mol. The molecule has 0 aliphatic heterocycles. The molecule has 1 aromatic heterocycles. The van der Waals surface area contributed by atoms with Crippen molar-refractivity contribution < 1.29 is 9.90 Å². The van der Waals surface area contributed by atoms with Gasteiger partial charge < -0.3 is 5.11 Å². The number of carbonyl (C=O) groups is 1. The highest BCUT2D eigenvalue weighted by Crippen LogP contribution is 2.15. The van der Waals surface area contributed by atoms with Gasteiger partial charge in [-0.25, -0.2) is 4.98 Å². The van der Waals surface area contributed by atoms with Crippen molar-refractivity contribution in [3.8, 4) is 5.75 Å². The summed E-state index contributed by atoms with van der Waals surface area (Å²) in [6.07, 6.45) is 6.14. The van der Waals surface area contributed by atoms with E-state index in [0.29, 0.717) is 5.70 Å². The fourth-order valence-corrected chi connectivity index (χ4v) is 1.56. The molecule has 3 N–H and O–H groups in total. The maximum atomic E-state index is 11.8. The van der Waals surface area contributed by atoms with Gasteiger partial charge in [0.05, 0.1) is 11.9 Å². The lowest BCUT2D eigenvalue weighted by molar-refractivity contribution is 0.0937. The lowest BCUT2D eigenvalue weighted by Gasteiger charge is -2.12. The summed E-state index contributed by atoms with van der Waals surface area (Å²) in [7, 11) is 0. The van der Waals surface area contributed by atoms with E-state index < -0.39 is 0 Å². The maximum Gasteiger partial charge on any atom is 0.289 e. The Morgan fingerprint density at radius 3 is 2.55 bits per heavy atom. The van der Waals surface area contributed by atoms with Gasteiger partial charge in [-0.05, 0) is 36.8 Å². The van der Waals surface area contributed by atoms with E-state index in [4.69, 9.17) is 0 Å². The predicted octanol–water partition coefficient (Wildman–Crippen LogP) is 1.48. The number of rotatable bonds is 4. The van der Waals surface area contributed by atoms with E-state index in [2.05, 4.69) is 20.8 Å². The van der Waals surface area contributed by atoms with Gasteiger partial charge in [0.2, 0.25) is 0 Å². The van der Waals surface area contributed by atoms with Crippen LogP contribution in [0.3, 0.4) is 0 Å². The first-order valence-electron chi connectivity index (χ1n) is 5.99. The van der Waals surface area contributed by atoms with Crippen LogP contribution >= 0.6 is 0 Å². The smallest absolute Gasteiger partial charge is 0.289 e. The van der Waals surface area contributed by atoms with Crippen LogP contribution in [-0.4, -0.2) is 21.0 Å². The zero-order valence-electron chi connectivity index (χ0n) is 10.9. The normalized spacial score (nSPS) is 10.9. The average molecular weight is 270 g/mol. The fraction of sp³-hybridized carbons (Fsp3) is 0.0714. The molecule has 2 rings (SSSR count). The van der Waals surface area contributed by atoms with Gasteiger partial charge in [-0.2, -0.15) is 0 Å². The molecule has 6 nitrogen and oxygen atoms in total. The Kier molecular flexibility index (Phi) is 4.28. The number of hydrogen-bond acceptors (Lipinski definition) is 5. The lowest BCUT2D eigenvalue weighted by atomic mass is 10.1. The largest absolute Gasteiger partial charge is 0.508 e. The van der Waals surface area contributed by atoms with Crippen LogP contribution < -0.4 is 10.9 Å². The van der Waals surface area contributed by atoms with E-state index in [0.717, 1.165) is 5.56 Å². The van der Waals surface area contributed by atoms with Crippen molar-refractivity contribution in [1.29, 1.82) is 0 Å². The molecule has 0 saturated carbocycles. The van der Waals surface area contributed by atoms with Crippen LogP contribution in [0.2, 0.25) is 0 Å². The van der Waals surface area contributed by atoms with E-state index in [-0.39, 0.29) is 17.4 Å². The molecule has 0 radical (unpaired) electrons. The number of benzene rings is 1. The van der Waals surface area contributed by atoms with E-state index in [9.17, 15) is 9.90 Å². The SMILES string of the molecule is C/C=C(\NNC(=O)c1cnccn1)c1ccc(O)cc1. The third kappa shape index (κ3) is 3.32. The first kappa shape index (κ1) is 13.5. The van der Waals surface area contributed by atoms with E-state index in [1.165, 1.54) is 18.6 Å². The van der Waals surface area contributed by atoms with E-state index >= 15 is 0 Å². The number of phenolic OH excluding ortho intramolecular Hbond substituents is 1. The van der Waals surface area contributed by atoms with Gasteiger partial charge in [0.15, 0.2) is 0 Å². The van der Waals surface area contributed by atoms with Crippen LogP contribution in [-0.2, 0) is 0 Å². The molecule has 0 aliphatic carbocycles. The Morgan fingerprint density at radius 1 is 1.20 bits per heavy atom. The third-order valence-electron chi connectivity index (χ3n) is 2.57. The molecule has 102 valence electrons. The Hall–Kier alpha value is -2.89. The van der Waals surface area contributed by atoms with Gasteiger partial charge in [-0.1, -0.05) is 6.08 Å². The van der Waals surface area contributed by atoms with Crippen LogP contribution in [0.5, 0.6) is 5.75 Å². The minimum Gasteiger partial charge on any atom is -0.508 e. The summed E-state index contributed by atoms with van der Waals surface area (Å²) in [4.78, 5) is 19.5. The second kappa shape index (κ2) is 6.33. The summed E-state index contributed by atoms with van der Waals surface area (Å²) >= 11 is 0. The number of hydrogen-bond donors (Lipinski definition) is 3. The highest BCUT2D eigenvalue weighted by atomic mass is 16.3. The van der Waals surface area contributed by atoms with Gasteiger partial charge in [0, 0.05) is 12.4 Å². The Morgan fingerprint density at radius 2 is 1.95 bits per heavy atom. The first-order chi connectivity index (χ1) is 9.70. The van der Waals surface area contributed by atoms with Crippen molar-refractivity contribution in [2.75, 3.05) is 0 Å². The van der Waals surface area contributed by atoms with Crippen LogP contribution in [0.4, 0.5) is 0 Å². The molecule has 0 aliphatic rings. The monoisotopic (exact) mass is 270 g/mol. The van der Waals surface area contributed by atoms with Crippen LogP contribution in [0, 0.1) is 0 Å². The zero-order chi connectivity index (χ0) is 14.4. The van der Waals surface area contributed by atoms with Gasteiger partial charge in [0.25, 0.3) is 5.91 Å². The number of nitrogens with zero attached hydrogens (tertiary/aromatic N) is 2. The highest BCUT2D eigenvalue weighted by molar-refractivity contribution is 5.92. The number of phenols is 1. The predicted molar refractivity (Wildman–Crippen MR) is 74.4 cm³/mol. The third-order valence-corrected chi connectivity index (χ3v) is 2.57. The standard InChI is InChI=1S/C14H14N4O2/c1-2-12(10-3-5-11(19)6-4-10)17-18-14(20)13-9-15-7-8-16-13/h2-9,17,19H,1H3,(H,18,20)/b12-2-. The summed E-state index contributed by atoms with van der Waals surface area (Å²) in [6, 6.07) is 6.63. The summed E-state index contributed by atoms with van der Waals surface area (Å²) < 4.78 is 0. The number of nitrogens with one attached hydrogen (secondary N) is 2. The van der Waals surface area contributed by atoms with Crippen LogP contribution in [0.25, 0.3) is 5.70 Å². The van der Waals surface area contributed by atoms with Crippen molar-refractivity contribution in [2.24, 2.45) is 0 Å². The molecule has 0 saturated heterocycles. The molecule has 20 heavy (non-hydrogen) atoms. The second-order valence-corrected chi connectivity index (χ2v) is 3.92. The lowest BCUT2D eigenvalue weighted by Crippen LogP contribution is -2.36. The van der Waals surface area contributed by atoms with Crippen LogP contribution in [0.1, 0.15) is 23.0 Å². The fourth-order valence-electron chi connectivity index (χ4n) is 1.56. The highest BCUT2D eigenvalue weighted by Gasteiger charge is 2.07. The van der Waals surface area contributed by atoms with Crippen molar-refractivity contribution in [3.05, 3.63) is 60.2 Å². The van der Waals surface area contributed by atoms with Gasteiger partial charge in [-0.3, -0.25) is 20.6 Å². The molecule has 2 aromatic rings. The first-order valence-corrected chi connectivity index (χ1v) is 5.99. The van der Waals surface area contributed by atoms with Crippen LogP contribution in [0.15, 0.2) is 48.9 Å². The maximum absolute atomic E-state index is 11.8. The quantitative estimate of drug-likeness (QED) is 0.732. The number of carbonyl (C=O) groups excluding carboxylic acids is 1. The molecule has 1 amide bonds. The van der Waals surface area contributed by atoms with Crippen molar-refractivity contribution in [1.82, 2.24) is 20.8 Å². The van der Waals surface area contributed by atoms with Gasteiger partial charge in [-0.15, -0.1) is 0 Å². The van der Waals surface area contributed by atoms with E-state index in [1.54, 1.807) is 24.3 Å². The number of hydrazine groups is 1. The minimum absolute atomic E-state index is 0.188. The average Bonchev–Trinajstić information content (AvgIpc) is 2.50. The molecule has 0 spiro atoms. The number of aromatic hydroxyl groups is 1.